The number of rotatable bonds is 2. The van der Waals surface area contributed by atoms with Gasteiger partial charge in [-0.3, -0.25) is 5.43 Å². The Bertz CT molecular complexity index is 270. The molecule has 1 aromatic carbocycles. The fourth-order valence-electron chi connectivity index (χ4n) is 0.813. The third-order valence-corrected chi connectivity index (χ3v) is 1.42. The van der Waals surface area contributed by atoms with E-state index in [0.29, 0.717) is 0 Å². The van der Waals surface area contributed by atoms with Gasteiger partial charge in [-0.05, 0) is 17.5 Å². The van der Waals surface area contributed by atoms with Gasteiger partial charge in [0.25, 0.3) is 0 Å². The summed E-state index contributed by atoms with van der Waals surface area (Å²) in [5.41, 5.74) is 4.11. The maximum atomic E-state index is 4.14. The van der Waals surface area contributed by atoms with Crippen molar-refractivity contribution in [3.8, 4) is 0 Å². The normalized spacial score (nSPS) is 11.9. The second-order valence-electron chi connectivity index (χ2n) is 4.10. The highest BCUT2D eigenvalue weighted by Crippen LogP contribution is 2.09. The minimum Gasteiger partial charge on any atom is -0.279 e. The molecule has 0 saturated heterocycles. The minimum absolute atomic E-state index is 0.127. The highest BCUT2D eigenvalue weighted by atomic mass is 15.3. The molecule has 0 aromatic heterocycles. The van der Waals surface area contributed by atoms with E-state index in [9.17, 15) is 0 Å². The molecule has 2 heteroatoms. The van der Waals surface area contributed by atoms with E-state index < -0.39 is 0 Å². The van der Waals surface area contributed by atoms with E-state index in [4.69, 9.17) is 0 Å². The number of hydrogen-bond acceptors (Lipinski definition) is 2. The van der Waals surface area contributed by atoms with Gasteiger partial charge in [0.05, 0.1) is 5.69 Å². The molecule has 0 bridgehead atoms. The van der Waals surface area contributed by atoms with Crippen molar-refractivity contribution in [1.82, 2.24) is 0 Å². The number of hydrazone groups is 1. The number of benzene rings is 1. The van der Waals surface area contributed by atoms with E-state index in [0.717, 1.165) is 5.69 Å². The second-order valence-corrected chi connectivity index (χ2v) is 4.10. The lowest BCUT2D eigenvalue weighted by atomic mass is 9.99. The van der Waals surface area contributed by atoms with Crippen molar-refractivity contribution < 1.29 is 0 Å². The van der Waals surface area contributed by atoms with Gasteiger partial charge in [0.15, 0.2) is 0 Å². The zero-order valence-electron chi connectivity index (χ0n) is 8.41. The smallest absolute Gasteiger partial charge is 0.0561 e. The van der Waals surface area contributed by atoms with Crippen LogP contribution in [0.4, 0.5) is 5.69 Å². The molecule has 0 unspecified atom stereocenters. The van der Waals surface area contributed by atoms with Gasteiger partial charge in [-0.15, -0.1) is 0 Å². The molecule has 0 atom stereocenters. The van der Waals surface area contributed by atoms with Gasteiger partial charge in [0.2, 0.25) is 0 Å². The summed E-state index contributed by atoms with van der Waals surface area (Å²) in [5, 5.41) is 4.14. The van der Waals surface area contributed by atoms with Crippen LogP contribution in [-0.4, -0.2) is 6.21 Å². The molecule has 0 aliphatic heterocycles. The fourth-order valence-corrected chi connectivity index (χ4v) is 0.813. The topological polar surface area (TPSA) is 24.4 Å². The Morgan fingerprint density at radius 1 is 1.15 bits per heavy atom. The van der Waals surface area contributed by atoms with Crippen molar-refractivity contribution in [2.24, 2.45) is 10.5 Å². The lowest BCUT2D eigenvalue weighted by molar-refractivity contribution is 0.606. The molecule has 0 spiro atoms. The lowest BCUT2D eigenvalue weighted by Crippen LogP contribution is -2.07. The van der Waals surface area contributed by atoms with E-state index in [2.05, 4.69) is 31.3 Å². The SMILES string of the molecule is CC(C)(C)C=NNc1ccccc1. The predicted octanol–water partition coefficient (Wildman–Crippen LogP) is 3.13. The Labute approximate surface area is 79.7 Å². The predicted molar refractivity (Wildman–Crippen MR) is 58.0 cm³/mol. The van der Waals surface area contributed by atoms with Crippen LogP contribution in [0.25, 0.3) is 0 Å². The van der Waals surface area contributed by atoms with Gasteiger partial charge >= 0.3 is 0 Å². The summed E-state index contributed by atoms with van der Waals surface area (Å²) in [6, 6.07) is 9.92. The van der Waals surface area contributed by atoms with Crippen LogP contribution in [0.1, 0.15) is 20.8 Å². The van der Waals surface area contributed by atoms with Crippen LogP contribution < -0.4 is 5.43 Å². The van der Waals surface area contributed by atoms with Crippen molar-refractivity contribution in [1.29, 1.82) is 0 Å². The molecule has 0 saturated carbocycles. The van der Waals surface area contributed by atoms with Gasteiger partial charge in [0, 0.05) is 6.21 Å². The van der Waals surface area contributed by atoms with Crippen molar-refractivity contribution in [2.75, 3.05) is 5.43 Å². The molecule has 0 aliphatic carbocycles. The van der Waals surface area contributed by atoms with Crippen LogP contribution >= 0.6 is 0 Å². The van der Waals surface area contributed by atoms with E-state index in [-0.39, 0.29) is 5.41 Å². The summed E-state index contributed by atoms with van der Waals surface area (Å²) in [6.45, 7) is 6.34. The number of anilines is 1. The Balaban J connectivity index is 2.49. The maximum Gasteiger partial charge on any atom is 0.0561 e. The first-order valence-electron chi connectivity index (χ1n) is 4.43. The van der Waals surface area contributed by atoms with Gasteiger partial charge in [0.1, 0.15) is 0 Å². The van der Waals surface area contributed by atoms with Gasteiger partial charge in [-0.25, -0.2) is 0 Å². The first kappa shape index (κ1) is 9.78. The standard InChI is InChI=1S/C11H16N2/c1-11(2,3)9-12-13-10-7-5-4-6-8-10/h4-9,13H,1-3H3. The number of nitrogens with zero attached hydrogens (tertiary/aromatic N) is 1. The summed E-state index contributed by atoms with van der Waals surface area (Å²) in [4.78, 5) is 0. The molecular formula is C11H16N2. The van der Waals surface area contributed by atoms with Gasteiger partial charge in [-0.2, -0.15) is 5.10 Å². The van der Waals surface area contributed by atoms with Crippen molar-refractivity contribution in [2.45, 2.75) is 20.8 Å². The van der Waals surface area contributed by atoms with E-state index in [1.165, 1.54) is 0 Å². The Morgan fingerprint density at radius 3 is 2.31 bits per heavy atom. The molecule has 0 amide bonds. The number of nitrogens with one attached hydrogen (secondary N) is 1. The molecular weight excluding hydrogens is 160 g/mol. The maximum absolute atomic E-state index is 4.14. The largest absolute Gasteiger partial charge is 0.279 e. The molecule has 70 valence electrons. The zero-order valence-corrected chi connectivity index (χ0v) is 8.41. The Hall–Kier alpha value is -1.31. The minimum atomic E-state index is 0.127. The van der Waals surface area contributed by atoms with Crippen molar-refractivity contribution >= 4 is 11.9 Å². The Morgan fingerprint density at radius 2 is 1.77 bits per heavy atom. The quantitative estimate of drug-likeness (QED) is 0.543. The van der Waals surface area contributed by atoms with Crippen LogP contribution in [-0.2, 0) is 0 Å². The summed E-state index contributed by atoms with van der Waals surface area (Å²) < 4.78 is 0. The third-order valence-electron chi connectivity index (χ3n) is 1.42. The van der Waals surface area contributed by atoms with Crippen molar-refractivity contribution in [3.05, 3.63) is 30.3 Å². The summed E-state index contributed by atoms with van der Waals surface area (Å²) in [7, 11) is 0. The van der Waals surface area contributed by atoms with Crippen LogP contribution in [0.15, 0.2) is 35.4 Å². The number of hydrogen-bond donors (Lipinski definition) is 1. The van der Waals surface area contributed by atoms with Crippen LogP contribution in [0.5, 0.6) is 0 Å². The molecule has 13 heavy (non-hydrogen) atoms. The molecule has 2 nitrogen and oxygen atoms in total. The monoisotopic (exact) mass is 176 g/mol. The van der Waals surface area contributed by atoms with E-state index in [1.54, 1.807) is 0 Å². The zero-order chi connectivity index (χ0) is 9.73. The summed E-state index contributed by atoms with van der Waals surface area (Å²) >= 11 is 0. The second kappa shape index (κ2) is 4.08. The van der Waals surface area contributed by atoms with Crippen LogP contribution in [0.2, 0.25) is 0 Å². The molecule has 1 aromatic rings. The molecule has 1 N–H and O–H groups in total. The highest BCUT2D eigenvalue weighted by molar-refractivity contribution is 5.65. The first-order chi connectivity index (χ1) is 6.08. The lowest BCUT2D eigenvalue weighted by Gasteiger charge is -2.09. The molecule has 0 radical (unpaired) electrons. The average Bonchev–Trinajstić information content (AvgIpc) is 2.04. The highest BCUT2D eigenvalue weighted by Gasteiger charge is 2.04. The van der Waals surface area contributed by atoms with Gasteiger partial charge < -0.3 is 0 Å². The molecule has 0 heterocycles. The number of para-hydroxylation sites is 1. The first-order valence-corrected chi connectivity index (χ1v) is 4.43. The average molecular weight is 176 g/mol. The van der Waals surface area contributed by atoms with Crippen LogP contribution in [0, 0.1) is 5.41 Å². The molecule has 0 aliphatic rings. The van der Waals surface area contributed by atoms with E-state index in [1.807, 2.05) is 36.5 Å². The molecule has 0 fully saturated rings. The van der Waals surface area contributed by atoms with Crippen molar-refractivity contribution in [3.63, 3.8) is 0 Å². The third kappa shape index (κ3) is 4.31. The summed E-state index contributed by atoms with van der Waals surface area (Å²) in [6.07, 6.45) is 1.90. The molecule has 1 rings (SSSR count). The summed E-state index contributed by atoms with van der Waals surface area (Å²) in [5.74, 6) is 0. The van der Waals surface area contributed by atoms with Crippen LogP contribution in [0.3, 0.4) is 0 Å². The fraction of sp³-hybridized carbons (Fsp3) is 0.364. The Kier molecular flexibility index (Phi) is 3.07. The van der Waals surface area contributed by atoms with E-state index >= 15 is 0 Å². The van der Waals surface area contributed by atoms with Gasteiger partial charge in [-0.1, -0.05) is 39.0 Å².